The third-order valence-electron chi connectivity index (χ3n) is 5.07. The van der Waals surface area contributed by atoms with Crippen molar-refractivity contribution >= 4 is 17.8 Å². The molecule has 0 aliphatic carbocycles. The number of halogens is 4. The minimum Gasteiger partial charge on any atom is -0.484 e. The summed E-state index contributed by atoms with van der Waals surface area (Å²) in [4.78, 5) is 38.7. The van der Waals surface area contributed by atoms with Crippen LogP contribution in [0.1, 0.15) is 21.5 Å². The van der Waals surface area contributed by atoms with Crippen molar-refractivity contribution in [2.24, 2.45) is 0 Å². The van der Waals surface area contributed by atoms with E-state index in [2.05, 4.69) is 10.6 Å². The zero-order chi connectivity index (χ0) is 22.4. The van der Waals surface area contributed by atoms with Crippen LogP contribution in [0.3, 0.4) is 0 Å². The minimum atomic E-state index is -4.52. The third-order valence-corrected chi connectivity index (χ3v) is 5.07. The molecule has 0 aromatic heterocycles. The van der Waals surface area contributed by atoms with E-state index in [9.17, 15) is 31.9 Å². The lowest BCUT2D eigenvalue weighted by Gasteiger charge is -2.31. The van der Waals surface area contributed by atoms with Gasteiger partial charge in [0.05, 0.1) is 6.54 Å². The topological polar surface area (TPSA) is 87.7 Å². The van der Waals surface area contributed by atoms with E-state index in [-0.39, 0.29) is 30.0 Å². The highest BCUT2D eigenvalue weighted by Gasteiger charge is 2.50. The van der Waals surface area contributed by atoms with Gasteiger partial charge in [0.1, 0.15) is 11.6 Å². The van der Waals surface area contributed by atoms with Crippen LogP contribution in [0.5, 0.6) is 5.75 Å². The van der Waals surface area contributed by atoms with Crippen molar-refractivity contribution in [1.82, 2.24) is 15.5 Å². The molecule has 31 heavy (non-hydrogen) atoms. The molecule has 1 unspecified atom stereocenters. The van der Waals surface area contributed by atoms with Crippen LogP contribution < -0.4 is 15.4 Å². The number of rotatable bonds is 5. The quantitative estimate of drug-likeness (QED) is 0.556. The second kappa shape index (κ2) is 7.25. The highest BCUT2D eigenvalue weighted by atomic mass is 19.4. The molecular formula is C20H15F4N3O4. The monoisotopic (exact) mass is 437 g/mol. The molecule has 4 rings (SSSR count). The van der Waals surface area contributed by atoms with E-state index >= 15 is 0 Å². The van der Waals surface area contributed by atoms with Gasteiger partial charge in [-0.15, -0.1) is 0 Å². The number of hydrogen-bond donors (Lipinski definition) is 2. The molecule has 162 valence electrons. The molecular weight excluding hydrogens is 422 g/mol. The number of alkyl halides is 3. The maximum absolute atomic E-state index is 13.4. The molecule has 7 nitrogen and oxygen atoms in total. The second-order valence-corrected chi connectivity index (χ2v) is 7.20. The number of nitrogens with one attached hydrogen (secondary N) is 2. The van der Waals surface area contributed by atoms with E-state index in [4.69, 9.17) is 4.74 Å². The van der Waals surface area contributed by atoms with Crippen molar-refractivity contribution in [2.75, 3.05) is 13.2 Å². The predicted molar refractivity (Wildman–Crippen MR) is 97.5 cm³/mol. The SMILES string of the molecule is O=C1NC(=O)C(CN2Cc3ccc(OCC(F)(F)F)cc3C2=O)(c2ccc(F)cc2)N1. The van der Waals surface area contributed by atoms with Crippen molar-refractivity contribution in [3.8, 4) is 5.75 Å². The van der Waals surface area contributed by atoms with Crippen LogP contribution in [0.15, 0.2) is 42.5 Å². The van der Waals surface area contributed by atoms with Gasteiger partial charge in [0.2, 0.25) is 0 Å². The van der Waals surface area contributed by atoms with Crippen molar-refractivity contribution in [3.63, 3.8) is 0 Å². The maximum Gasteiger partial charge on any atom is 0.422 e. The summed E-state index contributed by atoms with van der Waals surface area (Å²) >= 11 is 0. The largest absolute Gasteiger partial charge is 0.484 e. The smallest absolute Gasteiger partial charge is 0.422 e. The van der Waals surface area contributed by atoms with Crippen LogP contribution >= 0.6 is 0 Å². The zero-order valence-corrected chi connectivity index (χ0v) is 15.8. The first-order valence-electron chi connectivity index (χ1n) is 9.09. The Kier molecular flexibility index (Phi) is 4.83. The molecule has 0 spiro atoms. The van der Waals surface area contributed by atoms with E-state index in [0.29, 0.717) is 5.56 Å². The van der Waals surface area contributed by atoms with Crippen molar-refractivity contribution < 1.29 is 36.7 Å². The van der Waals surface area contributed by atoms with E-state index < -0.39 is 42.0 Å². The lowest BCUT2D eigenvalue weighted by atomic mass is 9.89. The Morgan fingerprint density at radius 2 is 1.77 bits per heavy atom. The van der Waals surface area contributed by atoms with Gasteiger partial charge in [-0.1, -0.05) is 18.2 Å². The second-order valence-electron chi connectivity index (χ2n) is 7.20. The Hall–Kier alpha value is -3.63. The summed E-state index contributed by atoms with van der Waals surface area (Å²) in [6.45, 7) is -1.69. The number of amides is 4. The van der Waals surface area contributed by atoms with E-state index in [1.807, 2.05) is 0 Å². The molecule has 11 heteroatoms. The van der Waals surface area contributed by atoms with Crippen LogP contribution in [0, 0.1) is 5.82 Å². The molecule has 4 amide bonds. The lowest BCUT2D eigenvalue weighted by Crippen LogP contribution is -2.52. The molecule has 2 N–H and O–H groups in total. The minimum absolute atomic E-state index is 0.0693. The summed E-state index contributed by atoms with van der Waals surface area (Å²) in [6.07, 6.45) is -4.52. The standard InChI is InChI=1S/C20H15F4N3O4/c21-13-4-2-12(3-5-13)19(17(29)25-18(30)26-19)9-27-8-11-1-6-14(7-15(11)16(27)28)31-10-20(22,23)24/h1-7H,8-10H2,(H2,25,26,29,30). The first-order valence-corrected chi connectivity index (χ1v) is 9.09. The summed E-state index contributed by atoms with van der Waals surface area (Å²) in [5.41, 5.74) is -0.699. The molecule has 2 aliphatic rings. The molecule has 0 bridgehead atoms. The molecule has 2 aromatic rings. The fourth-order valence-electron chi connectivity index (χ4n) is 3.64. The van der Waals surface area contributed by atoms with E-state index in [0.717, 1.165) is 12.1 Å². The summed E-state index contributed by atoms with van der Waals surface area (Å²) in [6, 6.07) is 8.15. The maximum atomic E-state index is 13.4. The van der Waals surface area contributed by atoms with Crippen LogP contribution in [0.4, 0.5) is 22.4 Å². The molecule has 1 atom stereocenters. The van der Waals surface area contributed by atoms with Gasteiger partial charge >= 0.3 is 12.2 Å². The molecule has 2 heterocycles. The van der Waals surface area contributed by atoms with Crippen LogP contribution in [-0.2, 0) is 16.9 Å². The predicted octanol–water partition coefficient (Wildman–Crippen LogP) is 2.46. The zero-order valence-electron chi connectivity index (χ0n) is 15.8. The van der Waals surface area contributed by atoms with Gasteiger partial charge in [0, 0.05) is 12.1 Å². The normalized spacial score (nSPS) is 20.5. The van der Waals surface area contributed by atoms with Crippen molar-refractivity contribution in [3.05, 3.63) is 65.0 Å². The summed E-state index contributed by atoms with van der Waals surface area (Å²) in [5, 5.41) is 4.63. The fraction of sp³-hybridized carbons (Fsp3) is 0.250. The molecule has 0 saturated carbocycles. The third kappa shape index (κ3) is 3.90. The van der Waals surface area contributed by atoms with Gasteiger partial charge in [-0.05, 0) is 35.4 Å². The van der Waals surface area contributed by atoms with Crippen LogP contribution in [0.25, 0.3) is 0 Å². The molecule has 1 saturated heterocycles. The highest BCUT2D eigenvalue weighted by Crippen LogP contribution is 2.33. The van der Waals surface area contributed by atoms with E-state index in [1.54, 1.807) is 0 Å². The van der Waals surface area contributed by atoms with Gasteiger partial charge in [-0.3, -0.25) is 14.9 Å². The Labute approximate surface area is 173 Å². The van der Waals surface area contributed by atoms with Gasteiger partial charge in [-0.25, -0.2) is 9.18 Å². The summed E-state index contributed by atoms with van der Waals surface area (Å²) in [5.74, 6) is -1.91. The average Bonchev–Trinajstić information content (AvgIpc) is 3.16. The summed E-state index contributed by atoms with van der Waals surface area (Å²) < 4.78 is 55.2. The Bertz CT molecular complexity index is 1070. The van der Waals surface area contributed by atoms with Crippen LogP contribution in [-0.4, -0.2) is 42.1 Å². The number of nitrogens with zero attached hydrogens (tertiary/aromatic N) is 1. The number of benzene rings is 2. The Morgan fingerprint density at radius 3 is 2.39 bits per heavy atom. The average molecular weight is 437 g/mol. The van der Waals surface area contributed by atoms with E-state index in [1.165, 1.54) is 35.2 Å². The molecule has 1 fully saturated rings. The fourth-order valence-corrected chi connectivity index (χ4v) is 3.64. The van der Waals surface area contributed by atoms with Gasteiger partial charge in [-0.2, -0.15) is 13.2 Å². The molecule has 2 aliphatic heterocycles. The Morgan fingerprint density at radius 1 is 1.06 bits per heavy atom. The number of fused-ring (bicyclic) bond motifs is 1. The number of carbonyl (C=O) groups is 3. The van der Waals surface area contributed by atoms with Crippen molar-refractivity contribution in [1.29, 1.82) is 0 Å². The van der Waals surface area contributed by atoms with Gasteiger partial charge < -0.3 is 15.0 Å². The van der Waals surface area contributed by atoms with Gasteiger partial charge in [0.15, 0.2) is 12.1 Å². The molecule has 0 radical (unpaired) electrons. The highest BCUT2D eigenvalue weighted by molar-refractivity contribution is 6.08. The van der Waals surface area contributed by atoms with Crippen LogP contribution in [0.2, 0.25) is 0 Å². The lowest BCUT2D eigenvalue weighted by molar-refractivity contribution is -0.153. The molecule has 2 aromatic carbocycles. The number of ether oxygens (including phenoxy) is 1. The number of urea groups is 1. The Balaban J connectivity index is 1.60. The first-order chi connectivity index (χ1) is 14.6. The number of imide groups is 1. The first kappa shape index (κ1) is 20.6. The number of hydrogen-bond acceptors (Lipinski definition) is 4. The number of carbonyl (C=O) groups excluding carboxylic acids is 3. The van der Waals surface area contributed by atoms with Gasteiger partial charge in [0.25, 0.3) is 11.8 Å². The summed E-state index contributed by atoms with van der Waals surface area (Å²) in [7, 11) is 0. The van der Waals surface area contributed by atoms with Crippen molar-refractivity contribution in [2.45, 2.75) is 18.3 Å².